The molecule has 2 aromatic heterocycles. The maximum absolute atomic E-state index is 13.1. The Hall–Kier alpha value is -2.99. The van der Waals surface area contributed by atoms with Crippen LogP contribution < -0.4 is 5.73 Å². The van der Waals surface area contributed by atoms with Gasteiger partial charge in [-0.1, -0.05) is 19.1 Å². The van der Waals surface area contributed by atoms with Crippen LogP contribution >= 0.6 is 0 Å². The Balaban J connectivity index is 1.71. The zero-order chi connectivity index (χ0) is 20.5. The fourth-order valence-electron chi connectivity index (χ4n) is 3.89. The lowest BCUT2D eigenvalue weighted by Gasteiger charge is -2.26. The number of hydrogen-bond donors (Lipinski definition) is 1. The minimum atomic E-state index is -0.0458. The molecule has 4 rings (SSSR count). The first-order chi connectivity index (χ1) is 14.0. The molecule has 0 fully saturated rings. The number of nitrogens with zero attached hydrogens (tertiary/aromatic N) is 4. The highest BCUT2D eigenvalue weighted by Crippen LogP contribution is 2.31. The van der Waals surface area contributed by atoms with E-state index < -0.39 is 0 Å². The molecule has 0 radical (unpaired) electrons. The Kier molecular flexibility index (Phi) is 5.20. The van der Waals surface area contributed by atoms with Gasteiger partial charge in [0.1, 0.15) is 0 Å². The summed E-state index contributed by atoms with van der Waals surface area (Å²) in [6.45, 7) is 6.73. The predicted octanol–water partition coefficient (Wildman–Crippen LogP) is 3.67. The Morgan fingerprint density at radius 1 is 1.28 bits per heavy atom. The van der Waals surface area contributed by atoms with Crippen molar-refractivity contribution in [2.24, 2.45) is 11.7 Å². The first-order valence-electron chi connectivity index (χ1n) is 10.1. The fourth-order valence-corrected chi connectivity index (χ4v) is 3.89. The number of carbonyl (C=O) groups excluding carboxylic acids is 1. The van der Waals surface area contributed by atoms with Crippen molar-refractivity contribution in [2.45, 2.75) is 40.0 Å². The van der Waals surface area contributed by atoms with Gasteiger partial charge in [0.2, 0.25) is 0 Å². The van der Waals surface area contributed by atoms with Crippen molar-refractivity contribution in [2.75, 3.05) is 6.54 Å². The first-order valence-corrected chi connectivity index (χ1v) is 10.1. The molecule has 1 amide bonds. The lowest BCUT2D eigenvalue weighted by molar-refractivity contribution is -0.122. The quantitative estimate of drug-likeness (QED) is 0.865. The Morgan fingerprint density at radius 3 is 2.90 bits per heavy atom. The molecule has 0 spiro atoms. The van der Waals surface area contributed by atoms with Crippen LogP contribution in [0.1, 0.15) is 43.3 Å². The standard InChI is InChI=1S/C23H27N5O/c1-15-6-8-19-9-7-18(5-4-10-24)14-27(19)23(29)11-20(15)21-12-22-17(3)25-16(2)13-28(22)26-21/h7-9,11-15H,4-6,10,24H2,1-3H3. The van der Waals surface area contributed by atoms with Crippen LogP contribution in [0.3, 0.4) is 0 Å². The molecule has 0 saturated carbocycles. The molecule has 2 aliphatic rings. The summed E-state index contributed by atoms with van der Waals surface area (Å²) in [6.07, 6.45) is 14.5. The van der Waals surface area contributed by atoms with Gasteiger partial charge < -0.3 is 5.73 Å². The van der Waals surface area contributed by atoms with E-state index in [-0.39, 0.29) is 11.8 Å². The summed E-state index contributed by atoms with van der Waals surface area (Å²) in [5.74, 6) is 0.138. The summed E-state index contributed by atoms with van der Waals surface area (Å²) in [7, 11) is 0. The van der Waals surface area contributed by atoms with E-state index in [1.807, 2.05) is 42.9 Å². The molecule has 6 heteroatoms. The van der Waals surface area contributed by atoms with Crippen LogP contribution in [0.15, 0.2) is 54.0 Å². The van der Waals surface area contributed by atoms with Crippen molar-refractivity contribution in [3.8, 4) is 0 Å². The Labute approximate surface area is 171 Å². The molecule has 0 aromatic carbocycles. The third-order valence-electron chi connectivity index (χ3n) is 5.49. The normalized spacial score (nSPS) is 19.4. The van der Waals surface area contributed by atoms with Crippen LogP contribution in [0.4, 0.5) is 0 Å². The minimum Gasteiger partial charge on any atom is -0.330 e. The summed E-state index contributed by atoms with van der Waals surface area (Å²) in [5, 5.41) is 4.75. The van der Waals surface area contributed by atoms with Gasteiger partial charge in [0.25, 0.3) is 5.91 Å². The number of aromatic nitrogens is 3. The van der Waals surface area contributed by atoms with E-state index in [4.69, 9.17) is 10.8 Å². The van der Waals surface area contributed by atoms with Crippen LogP contribution in [-0.2, 0) is 4.79 Å². The van der Waals surface area contributed by atoms with Gasteiger partial charge in [-0.3, -0.25) is 14.7 Å². The number of amides is 1. The van der Waals surface area contributed by atoms with Gasteiger partial charge in [-0.25, -0.2) is 4.52 Å². The molecular weight excluding hydrogens is 362 g/mol. The third-order valence-corrected chi connectivity index (χ3v) is 5.49. The van der Waals surface area contributed by atoms with Crippen LogP contribution in [0.25, 0.3) is 11.1 Å². The van der Waals surface area contributed by atoms with Crippen molar-refractivity contribution in [3.63, 3.8) is 0 Å². The predicted molar refractivity (Wildman–Crippen MR) is 115 cm³/mol. The second kappa shape index (κ2) is 7.79. The largest absolute Gasteiger partial charge is 0.330 e. The van der Waals surface area contributed by atoms with Gasteiger partial charge >= 0.3 is 0 Å². The van der Waals surface area contributed by atoms with Crippen molar-refractivity contribution >= 4 is 17.0 Å². The summed E-state index contributed by atoms with van der Waals surface area (Å²) in [5.41, 5.74) is 12.3. The summed E-state index contributed by atoms with van der Waals surface area (Å²) in [4.78, 5) is 19.4. The Morgan fingerprint density at radius 2 is 2.10 bits per heavy atom. The highest BCUT2D eigenvalue weighted by atomic mass is 16.2. The minimum absolute atomic E-state index is 0.0458. The number of rotatable bonds is 4. The summed E-state index contributed by atoms with van der Waals surface area (Å²) < 4.78 is 1.86. The molecule has 1 unspecified atom stereocenters. The molecule has 2 aromatic rings. The van der Waals surface area contributed by atoms with Crippen LogP contribution in [0, 0.1) is 19.8 Å². The number of fused-ring (bicyclic) bond motifs is 2. The number of aryl methyl sites for hydroxylation is 2. The van der Waals surface area contributed by atoms with Crippen molar-refractivity contribution < 1.29 is 4.79 Å². The molecule has 1 atom stereocenters. The maximum Gasteiger partial charge on any atom is 0.255 e. The van der Waals surface area contributed by atoms with Crippen LogP contribution in [-0.4, -0.2) is 31.9 Å². The number of allylic oxidation sites excluding steroid dienone is 5. The monoisotopic (exact) mass is 389 g/mol. The van der Waals surface area contributed by atoms with Crippen molar-refractivity contribution in [1.82, 2.24) is 19.5 Å². The number of nitrogens with two attached hydrogens (primary N) is 1. The molecular formula is C23H27N5O. The molecule has 150 valence electrons. The Bertz CT molecular complexity index is 1090. The van der Waals surface area contributed by atoms with E-state index in [1.165, 1.54) is 0 Å². The van der Waals surface area contributed by atoms with Gasteiger partial charge in [0, 0.05) is 18.0 Å². The second-order valence-electron chi connectivity index (χ2n) is 7.83. The topological polar surface area (TPSA) is 76.5 Å². The average Bonchev–Trinajstić information content (AvgIpc) is 3.11. The van der Waals surface area contributed by atoms with E-state index >= 15 is 0 Å². The van der Waals surface area contributed by atoms with Crippen molar-refractivity contribution in [1.29, 1.82) is 0 Å². The van der Waals surface area contributed by atoms with Gasteiger partial charge in [0.15, 0.2) is 0 Å². The second-order valence-corrected chi connectivity index (χ2v) is 7.83. The lowest BCUT2D eigenvalue weighted by atomic mass is 9.92. The van der Waals surface area contributed by atoms with E-state index in [0.717, 1.165) is 58.7 Å². The maximum atomic E-state index is 13.1. The van der Waals surface area contributed by atoms with Crippen molar-refractivity contribution in [3.05, 3.63) is 71.1 Å². The van der Waals surface area contributed by atoms with E-state index in [1.54, 1.807) is 11.0 Å². The molecule has 0 bridgehead atoms. The molecule has 6 nitrogen and oxygen atoms in total. The first kappa shape index (κ1) is 19.3. The van der Waals surface area contributed by atoms with Gasteiger partial charge in [-0.2, -0.15) is 5.10 Å². The molecule has 4 heterocycles. The zero-order valence-electron chi connectivity index (χ0n) is 17.2. The van der Waals surface area contributed by atoms with E-state index in [0.29, 0.717) is 6.54 Å². The van der Waals surface area contributed by atoms with E-state index in [9.17, 15) is 4.79 Å². The lowest BCUT2D eigenvalue weighted by Crippen LogP contribution is -2.27. The highest BCUT2D eigenvalue weighted by Gasteiger charge is 2.24. The van der Waals surface area contributed by atoms with Gasteiger partial charge in [0.05, 0.1) is 28.8 Å². The molecule has 0 aliphatic carbocycles. The SMILES string of the molecule is Cc1cn2nc(C3=CC(=O)N4C=C(CCCN)C=CC4=CCC3C)cc2c(C)n1. The highest BCUT2D eigenvalue weighted by molar-refractivity contribution is 5.98. The smallest absolute Gasteiger partial charge is 0.255 e. The average molecular weight is 390 g/mol. The molecule has 2 N–H and O–H groups in total. The van der Waals surface area contributed by atoms with E-state index in [2.05, 4.69) is 24.1 Å². The van der Waals surface area contributed by atoms with Gasteiger partial charge in [-0.15, -0.1) is 0 Å². The number of carbonyl (C=O) groups is 1. The molecule has 0 saturated heterocycles. The summed E-state index contributed by atoms with van der Waals surface area (Å²) in [6, 6.07) is 2.03. The van der Waals surface area contributed by atoms with Crippen LogP contribution in [0.5, 0.6) is 0 Å². The molecule has 2 aliphatic heterocycles. The summed E-state index contributed by atoms with van der Waals surface area (Å²) >= 11 is 0. The molecule has 29 heavy (non-hydrogen) atoms. The zero-order valence-corrected chi connectivity index (χ0v) is 17.2. The fraction of sp³-hybridized carbons (Fsp3) is 0.348. The number of hydrogen-bond acceptors (Lipinski definition) is 4. The third kappa shape index (κ3) is 3.80. The van der Waals surface area contributed by atoms with Gasteiger partial charge in [-0.05, 0) is 68.9 Å². The van der Waals surface area contributed by atoms with Crippen LogP contribution in [0.2, 0.25) is 0 Å².